The summed E-state index contributed by atoms with van der Waals surface area (Å²) >= 11 is 7.32. The molecule has 0 aromatic carbocycles. The van der Waals surface area contributed by atoms with Crippen LogP contribution in [0.25, 0.3) is 10.6 Å². The molecule has 120 valence electrons. The first-order valence-electron chi connectivity index (χ1n) is 6.87. The standard InChI is InChI=1S/C14H16ClN3O2S.ClH/c1-16-8-9-3-2-6-18(9)14(19)10-7-11(20-17-10)12-4-5-13(15)21-12;/h4-5,7,9,16H,2-3,6,8H2,1H3;1H. The van der Waals surface area contributed by atoms with Crippen LogP contribution in [0, 0.1) is 0 Å². The van der Waals surface area contributed by atoms with Crippen LogP contribution in [0.15, 0.2) is 22.7 Å². The molecule has 0 saturated carbocycles. The van der Waals surface area contributed by atoms with Crippen LogP contribution in [0.5, 0.6) is 0 Å². The second-order valence-corrected chi connectivity index (χ2v) is 6.75. The SMILES string of the molecule is CNCC1CCCN1C(=O)c1cc(-c2ccc(Cl)s2)on1.Cl. The van der Waals surface area contributed by atoms with Crippen molar-refractivity contribution in [1.29, 1.82) is 0 Å². The van der Waals surface area contributed by atoms with Gasteiger partial charge in [0.05, 0.1) is 9.21 Å². The average molecular weight is 362 g/mol. The number of thiophene rings is 1. The third kappa shape index (κ3) is 3.46. The summed E-state index contributed by atoms with van der Waals surface area (Å²) in [5.41, 5.74) is 0.359. The molecule has 3 rings (SSSR count). The van der Waals surface area contributed by atoms with Crippen LogP contribution >= 0.6 is 35.3 Å². The van der Waals surface area contributed by atoms with Gasteiger partial charge in [-0.2, -0.15) is 0 Å². The lowest BCUT2D eigenvalue weighted by molar-refractivity contribution is 0.0726. The summed E-state index contributed by atoms with van der Waals surface area (Å²) in [6.45, 7) is 1.58. The van der Waals surface area contributed by atoms with Gasteiger partial charge in [-0.05, 0) is 32.0 Å². The van der Waals surface area contributed by atoms with Gasteiger partial charge in [0.1, 0.15) is 0 Å². The predicted octanol–water partition coefficient (Wildman–Crippen LogP) is 3.30. The molecule has 1 N–H and O–H groups in total. The lowest BCUT2D eigenvalue weighted by Crippen LogP contribution is -2.40. The first-order valence-corrected chi connectivity index (χ1v) is 8.06. The average Bonchev–Trinajstić information content (AvgIpc) is 3.17. The molecule has 1 saturated heterocycles. The highest BCUT2D eigenvalue weighted by Crippen LogP contribution is 2.31. The number of carbonyl (C=O) groups excluding carboxylic acids is 1. The number of halogens is 2. The normalized spacial score (nSPS) is 17.5. The molecule has 2 aromatic rings. The van der Waals surface area contributed by atoms with Crippen LogP contribution < -0.4 is 5.32 Å². The van der Waals surface area contributed by atoms with Crippen LogP contribution in [0.3, 0.4) is 0 Å². The monoisotopic (exact) mass is 361 g/mol. The molecule has 0 bridgehead atoms. The van der Waals surface area contributed by atoms with Crippen LogP contribution in [0.2, 0.25) is 4.34 Å². The molecule has 1 fully saturated rings. The van der Waals surface area contributed by atoms with Crippen molar-refractivity contribution in [3.63, 3.8) is 0 Å². The Bertz CT molecular complexity index is 644. The predicted molar refractivity (Wildman–Crippen MR) is 90.1 cm³/mol. The minimum Gasteiger partial charge on any atom is -0.355 e. The Hall–Kier alpha value is -1.08. The van der Waals surface area contributed by atoms with E-state index >= 15 is 0 Å². The van der Waals surface area contributed by atoms with Gasteiger partial charge in [0, 0.05) is 25.2 Å². The van der Waals surface area contributed by atoms with E-state index in [9.17, 15) is 4.79 Å². The lowest BCUT2D eigenvalue weighted by atomic mass is 10.2. The second kappa shape index (κ2) is 7.46. The van der Waals surface area contributed by atoms with E-state index < -0.39 is 0 Å². The van der Waals surface area contributed by atoms with Crippen molar-refractivity contribution in [2.75, 3.05) is 20.1 Å². The fourth-order valence-electron chi connectivity index (χ4n) is 2.64. The largest absolute Gasteiger partial charge is 0.355 e. The quantitative estimate of drug-likeness (QED) is 0.907. The molecule has 1 aliphatic heterocycles. The molecule has 1 atom stereocenters. The lowest BCUT2D eigenvalue weighted by Gasteiger charge is -2.23. The number of nitrogens with one attached hydrogen (secondary N) is 1. The number of likely N-dealkylation sites (N-methyl/N-ethyl adjacent to an activating group) is 1. The molecule has 0 aliphatic carbocycles. The topological polar surface area (TPSA) is 58.4 Å². The maximum absolute atomic E-state index is 12.5. The number of hydrogen-bond acceptors (Lipinski definition) is 5. The van der Waals surface area contributed by atoms with E-state index in [1.807, 2.05) is 18.0 Å². The Balaban J connectivity index is 0.00000176. The Morgan fingerprint density at radius 1 is 1.59 bits per heavy atom. The number of carbonyl (C=O) groups is 1. The highest BCUT2D eigenvalue weighted by molar-refractivity contribution is 7.19. The van der Waals surface area contributed by atoms with E-state index in [-0.39, 0.29) is 24.4 Å². The summed E-state index contributed by atoms with van der Waals surface area (Å²) in [5.74, 6) is 0.519. The third-order valence-electron chi connectivity index (χ3n) is 3.62. The second-order valence-electron chi connectivity index (χ2n) is 5.03. The van der Waals surface area contributed by atoms with E-state index in [1.54, 1.807) is 12.1 Å². The summed E-state index contributed by atoms with van der Waals surface area (Å²) in [5, 5.41) is 7.05. The van der Waals surface area contributed by atoms with Crippen molar-refractivity contribution < 1.29 is 9.32 Å². The van der Waals surface area contributed by atoms with Crippen molar-refractivity contribution in [3.05, 3.63) is 28.2 Å². The zero-order valence-electron chi connectivity index (χ0n) is 12.0. The Morgan fingerprint density at radius 2 is 2.41 bits per heavy atom. The van der Waals surface area contributed by atoms with Gasteiger partial charge in [-0.1, -0.05) is 16.8 Å². The maximum Gasteiger partial charge on any atom is 0.276 e. The molecule has 2 aromatic heterocycles. The fraction of sp³-hybridized carbons (Fsp3) is 0.429. The first-order chi connectivity index (χ1) is 10.2. The number of hydrogen-bond donors (Lipinski definition) is 1. The van der Waals surface area contributed by atoms with Crippen LogP contribution in [0.4, 0.5) is 0 Å². The van der Waals surface area contributed by atoms with Crippen LogP contribution in [-0.4, -0.2) is 42.1 Å². The molecule has 5 nitrogen and oxygen atoms in total. The number of aromatic nitrogens is 1. The fourth-order valence-corrected chi connectivity index (χ4v) is 3.63. The summed E-state index contributed by atoms with van der Waals surface area (Å²) < 4.78 is 5.96. The number of nitrogens with zero attached hydrogens (tertiary/aromatic N) is 2. The Morgan fingerprint density at radius 3 is 3.09 bits per heavy atom. The molecule has 22 heavy (non-hydrogen) atoms. The summed E-state index contributed by atoms with van der Waals surface area (Å²) in [4.78, 5) is 15.3. The van der Waals surface area contributed by atoms with Crippen molar-refractivity contribution in [2.24, 2.45) is 0 Å². The minimum atomic E-state index is -0.0644. The molecular formula is C14H17Cl2N3O2S. The van der Waals surface area contributed by atoms with Crippen molar-refractivity contribution >= 4 is 41.3 Å². The molecule has 1 amide bonds. The molecule has 1 aliphatic rings. The zero-order chi connectivity index (χ0) is 14.8. The van der Waals surface area contributed by atoms with Crippen molar-refractivity contribution in [3.8, 4) is 10.6 Å². The van der Waals surface area contributed by atoms with E-state index in [4.69, 9.17) is 16.1 Å². The zero-order valence-corrected chi connectivity index (χ0v) is 14.4. The van der Waals surface area contributed by atoms with Gasteiger partial charge in [-0.25, -0.2) is 0 Å². The van der Waals surface area contributed by atoms with Gasteiger partial charge in [-0.15, -0.1) is 23.7 Å². The van der Waals surface area contributed by atoms with Gasteiger partial charge in [-0.3, -0.25) is 4.79 Å². The van der Waals surface area contributed by atoms with Crippen LogP contribution in [-0.2, 0) is 0 Å². The van der Waals surface area contributed by atoms with E-state index in [0.717, 1.165) is 30.8 Å². The number of rotatable bonds is 4. The summed E-state index contributed by atoms with van der Waals surface area (Å²) in [7, 11) is 1.90. The molecular weight excluding hydrogens is 345 g/mol. The van der Waals surface area contributed by atoms with Crippen molar-refractivity contribution in [2.45, 2.75) is 18.9 Å². The molecule has 3 heterocycles. The van der Waals surface area contributed by atoms with Gasteiger partial charge in [0.25, 0.3) is 5.91 Å². The Kier molecular flexibility index (Phi) is 5.86. The molecule has 8 heteroatoms. The highest BCUT2D eigenvalue weighted by atomic mass is 35.5. The smallest absolute Gasteiger partial charge is 0.276 e. The van der Waals surface area contributed by atoms with Gasteiger partial charge in [0.2, 0.25) is 0 Å². The van der Waals surface area contributed by atoms with Gasteiger partial charge < -0.3 is 14.7 Å². The van der Waals surface area contributed by atoms with E-state index in [1.165, 1.54) is 11.3 Å². The first kappa shape index (κ1) is 17.3. The summed E-state index contributed by atoms with van der Waals surface area (Å²) in [6.07, 6.45) is 2.06. The molecule has 0 spiro atoms. The van der Waals surface area contributed by atoms with Crippen LogP contribution in [0.1, 0.15) is 23.3 Å². The Labute approximate surface area is 144 Å². The highest BCUT2D eigenvalue weighted by Gasteiger charge is 2.30. The van der Waals surface area contributed by atoms with E-state index in [2.05, 4.69) is 10.5 Å². The maximum atomic E-state index is 12.5. The number of amides is 1. The third-order valence-corrected chi connectivity index (χ3v) is 4.87. The number of likely N-dealkylation sites (tertiary alicyclic amines) is 1. The van der Waals surface area contributed by atoms with Crippen molar-refractivity contribution in [1.82, 2.24) is 15.4 Å². The molecule has 1 unspecified atom stereocenters. The minimum absolute atomic E-state index is 0. The van der Waals surface area contributed by atoms with E-state index in [0.29, 0.717) is 15.8 Å². The summed E-state index contributed by atoms with van der Waals surface area (Å²) in [6, 6.07) is 5.59. The molecule has 0 radical (unpaired) electrons. The van der Waals surface area contributed by atoms with Gasteiger partial charge >= 0.3 is 0 Å². The van der Waals surface area contributed by atoms with Gasteiger partial charge in [0.15, 0.2) is 11.5 Å².